The van der Waals surface area contributed by atoms with Gasteiger partial charge in [-0.1, -0.05) is 41.4 Å². The van der Waals surface area contributed by atoms with E-state index in [2.05, 4.69) is 27.8 Å². The third kappa shape index (κ3) is 4.71. The Hall–Kier alpha value is -0.670. The molecule has 1 fully saturated rings. The van der Waals surface area contributed by atoms with Crippen LogP contribution in [-0.2, 0) is 0 Å². The van der Waals surface area contributed by atoms with Gasteiger partial charge < -0.3 is 4.90 Å². The molecule has 110 valence electrons. The highest BCUT2D eigenvalue weighted by atomic mass is 79.9. The molecule has 1 saturated heterocycles. The average Bonchev–Trinajstić information content (AvgIpc) is 2.48. The van der Waals surface area contributed by atoms with Crippen LogP contribution in [0.3, 0.4) is 0 Å². The number of Topliss-reactive ketones (excluding diaryl/α,β-unsaturated/α-hetero) is 1. The Morgan fingerprint density at radius 2 is 1.90 bits per heavy atom. The molecule has 0 aromatic heterocycles. The topological polar surface area (TPSA) is 20.3 Å². The minimum absolute atomic E-state index is 0.265. The smallest absolute Gasteiger partial charge is 0.162 e. The molecule has 0 unspecified atom stereocenters. The first-order chi connectivity index (χ1) is 9.69. The van der Waals surface area contributed by atoms with Crippen molar-refractivity contribution in [3.8, 4) is 0 Å². The summed E-state index contributed by atoms with van der Waals surface area (Å²) in [7, 11) is 0. The Bertz CT molecular complexity index is 421. The summed E-state index contributed by atoms with van der Waals surface area (Å²) in [6.07, 6.45) is 5.62. The third-order valence-electron chi connectivity index (χ3n) is 4.33. The lowest BCUT2D eigenvalue weighted by atomic mass is 9.94. The summed E-state index contributed by atoms with van der Waals surface area (Å²) >= 11 is 3.39. The fourth-order valence-electron chi connectivity index (χ4n) is 2.86. The van der Waals surface area contributed by atoms with E-state index < -0.39 is 0 Å². The standard InChI is InChI=1S/C17H24BrNO/c1-2-14-9-12-19(13-10-14)11-3-4-17(20)15-5-7-16(18)8-6-15/h5-8,14H,2-4,9-13H2,1H3. The zero-order valence-corrected chi connectivity index (χ0v) is 13.9. The first kappa shape index (κ1) is 15.7. The summed E-state index contributed by atoms with van der Waals surface area (Å²) in [6, 6.07) is 7.67. The van der Waals surface area contributed by atoms with Gasteiger partial charge in [0.15, 0.2) is 5.78 Å². The van der Waals surface area contributed by atoms with E-state index in [0.717, 1.165) is 28.9 Å². The molecule has 2 rings (SSSR count). The molecule has 0 atom stereocenters. The van der Waals surface area contributed by atoms with Gasteiger partial charge >= 0.3 is 0 Å². The van der Waals surface area contributed by atoms with Gasteiger partial charge in [0.1, 0.15) is 0 Å². The van der Waals surface area contributed by atoms with Gasteiger partial charge in [-0.25, -0.2) is 0 Å². The number of carbonyl (C=O) groups excluding carboxylic acids is 1. The molecule has 0 bridgehead atoms. The maximum absolute atomic E-state index is 12.1. The summed E-state index contributed by atoms with van der Waals surface area (Å²) in [5, 5.41) is 0. The average molecular weight is 338 g/mol. The number of nitrogens with zero attached hydrogens (tertiary/aromatic N) is 1. The first-order valence-electron chi connectivity index (χ1n) is 7.70. The normalized spacial score (nSPS) is 17.3. The van der Waals surface area contributed by atoms with Crippen LogP contribution in [0, 0.1) is 5.92 Å². The van der Waals surface area contributed by atoms with E-state index in [1.165, 1.54) is 32.4 Å². The molecule has 1 heterocycles. The minimum atomic E-state index is 0.265. The third-order valence-corrected chi connectivity index (χ3v) is 4.86. The molecule has 1 aliphatic heterocycles. The number of halogens is 1. The van der Waals surface area contributed by atoms with Crippen molar-refractivity contribution in [3.05, 3.63) is 34.3 Å². The highest BCUT2D eigenvalue weighted by Crippen LogP contribution is 2.20. The lowest BCUT2D eigenvalue weighted by molar-refractivity contribution is 0.0970. The highest BCUT2D eigenvalue weighted by Gasteiger charge is 2.17. The summed E-state index contributed by atoms with van der Waals surface area (Å²) in [4.78, 5) is 14.6. The molecule has 2 nitrogen and oxygen atoms in total. The van der Waals surface area contributed by atoms with Crippen LogP contribution in [0.1, 0.15) is 49.4 Å². The van der Waals surface area contributed by atoms with Gasteiger partial charge in [0, 0.05) is 16.5 Å². The molecule has 3 heteroatoms. The summed E-state index contributed by atoms with van der Waals surface area (Å²) in [6.45, 7) is 5.78. The van der Waals surface area contributed by atoms with Crippen molar-refractivity contribution in [1.29, 1.82) is 0 Å². The predicted octanol–water partition coefficient (Wildman–Crippen LogP) is 4.53. The quantitative estimate of drug-likeness (QED) is 0.710. The van der Waals surface area contributed by atoms with E-state index in [4.69, 9.17) is 0 Å². The van der Waals surface area contributed by atoms with Crippen molar-refractivity contribution in [2.24, 2.45) is 5.92 Å². The molecule has 20 heavy (non-hydrogen) atoms. The predicted molar refractivity (Wildman–Crippen MR) is 87.2 cm³/mol. The fourth-order valence-corrected chi connectivity index (χ4v) is 3.13. The largest absolute Gasteiger partial charge is 0.303 e. The molecule has 0 radical (unpaired) electrons. The lowest BCUT2D eigenvalue weighted by Gasteiger charge is -2.31. The number of carbonyl (C=O) groups is 1. The van der Waals surface area contributed by atoms with Crippen LogP contribution < -0.4 is 0 Å². The van der Waals surface area contributed by atoms with Crippen molar-refractivity contribution in [3.63, 3.8) is 0 Å². The van der Waals surface area contributed by atoms with E-state index in [-0.39, 0.29) is 5.78 Å². The molecule has 0 aliphatic carbocycles. The maximum Gasteiger partial charge on any atom is 0.162 e. The van der Waals surface area contributed by atoms with Gasteiger partial charge in [-0.15, -0.1) is 0 Å². The van der Waals surface area contributed by atoms with Crippen LogP contribution in [0.15, 0.2) is 28.7 Å². The Kier molecular flexibility index (Phi) is 6.24. The van der Waals surface area contributed by atoms with Crippen LogP contribution in [0.2, 0.25) is 0 Å². The van der Waals surface area contributed by atoms with Gasteiger partial charge in [-0.2, -0.15) is 0 Å². The second-order valence-corrected chi connectivity index (χ2v) is 6.64. The highest BCUT2D eigenvalue weighted by molar-refractivity contribution is 9.10. The number of benzene rings is 1. The number of hydrogen-bond acceptors (Lipinski definition) is 2. The molecule has 0 N–H and O–H groups in total. The zero-order valence-electron chi connectivity index (χ0n) is 12.3. The van der Waals surface area contributed by atoms with E-state index in [9.17, 15) is 4.79 Å². The van der Waals surface area contributed by atoms with Gasteiger partial charge in [0.25, 0.3) is 0 Å². The number of rotatable bonds is 6. The second kappa shape index (κ2) is 7.94. The van der Waals surface area contributed by atoms with Crippen molar-refractivity contribution >= 4 is 21.7 Å². The molecule has 0 saturated carbocycles. The Morgan fingerprint density at radius 3 is 2.50 bits per heavy atom. The Balaban J connectivity index is 1.68. The molecular weight excluding hydrogens is 314 g/mol. The van der Waals surface area contributed by atoms with Gasteiger partial charge in [-0.05, 0) is 56.9 Å². The number of hydrogen-bond donors (Lipinski definition) is 0. The Labute approximate surface area is 130 Å². The van der Waals surface area contributed by atoms with E-state index >= 15 is 0 Å². The van der Waals surface area contributed by atoms with Crippen molar-refractivity contribution in [1.82, 2.24) is 4.90 Å². The van der Waals surface area contributed by atoms with Gasteiger partial charge in [0.2, 0.25) is 0 Å². The second-order valence-electron chi connectivity index (χ2n) is 5.73. The maximum atomic E-state index is 12.1. The zero-order chi connectivity index (χ0) is 14.4. The SMILES string of the molecule is CCC1CCN(CCCC(=O)c2ccc(Br)cc2)CC1. The van der Waals surface area contributed by atoms with Crippen molar-refractivity contribution < 1.29 is 4.79 Å². The van der Waals surface area contributed by atoms with Gasteiger partial charge in [-0.3, -0.25) is 4.79 Å². The van der Waals surface area contributed by atoms with Crippen molar-refractivity contribution in [2.45, 2.75) is 39.0 Å². The molecule has 1 aromatic rings. The summed E-state index contributed by atoms with van der Waals surface area (Å²) in [5.41, 5.74) is 0.831. The molecule has 0 amide bonds. The monoisotopic (exact) mass is 337 g/mol. The number of likely N-dealkylation sites (tertiary alicyclic amines) is 1. The molecular formula is C17H24BrNO. The van der Waals surface area contributed by atoms with Crippen LogP contribution in [0.4, 0.5) is 0 Å². The number of ketones is 1. The summed E-state index contributed by atoms with van der Waals surface area (Å²) in [5.74, 6) is 1.19. The van der Waals surface area contributed by atoms with Crippen LogP contribution in [0.5, 0.6) is 0 Å². The van der Waals surface area contributed by atoms with Crippen LogP contribution in [-0.4, -0.2) is 30.3 Å². The molecule has 1 aliphatic rings. The first-order valence-corrected chi connectivity index (χ1v) is 8.49. The number of piperidine rings is 1. The van der Waals surface area contributed by atoms with E-state index in [1.807, 2.05) is 24.3 Å². The molecule has 1 aromatic carbocycles. The van der Waals surface area contributed by atoms with Gasteiger partial charge in [0.05, 0.1) is 0 Å². The van der Waals surface area contributed by atoms with Crippen LogP contribution >= 0.6 is 15.9 Å². The van der Waals surface area contributed by atoms with Crippen LogP contribution in [0.25, 0.3) is 0 Å². The molecule has 0 spiro atoms. The Morgan fingerprint density at radius 1 is 1.25 bits per heavy atom. The van der Waals surface area contributed by atoms with E-state index in [1.54, 1.807) is 0 Å². The van der Waals surface area contributed by atoms with Crippen molar-refractivity contribution in [2.75, 3.05) is 19.6 Å². The minimum Gasteiger partial charge on any atom is -0.303 e. The summed E-state index contributed by atoms with van der Waals surface area (Å²) < 4.78 is 1.02. The lowest BCUT2D eigenvalue weighted by Crippen LogP contribution is -2.34. The van der Waals surface area contributed by atoms with E-state index in [0.29, 0.717) is 6.42 Å². The fraction of sp³-hybridized carbons (Fsp3) is 0.588.